The molecular formula is C27H24N6O5. The molecule has 0 atom stereocenters. The van der Waals surface area contributed by atoms with Gasteiger partial charge in [0.15, 0.2) is 0 Å². The zero-order chi connectivity index (χ0) is 31.9. The minimum atomic E-state index is -2.65. The Morgan fingerprint density at radius 1 is 0.632 bits per heavy atom. The summed E-state index contributed by atoms with van der Waals surface area (Å²) in [4.78, 5) is 44.2. The molecule has 38 heavy (non-hydrogen) atoms. The molecule has 2 aromatic heterocycles. The third-order valence-corrected chi connectivity index (χ3v) is 4.85. The Labute approximate surface area is 226 Å². The number of nitrogens with zero attached hydrogens (tertiary/aromatic N) is 2. The minimum absolute atomic E-state index is 0.128. The predicted octanol–water partition coefficient (Wildman–Crippen LogP) is 4.42. The van der Waals surface area contributed by atoms with E-state index in [2.05, 4.69) is 20.6 Å². The zero-order valence-corrected chi connectivity index (χ0v) is 19.5. The number of urea groups is 1. The Hall–Kier alpha value is -5.45. The van der Waals surface area contributed by atoms with E-state index in [0.717, 1.165) is 0 Å². The molecule has 4 amide bonds. The lowest BCUT2D eigenvalue weighted by Crippen LogP contribution is -2.19. The van der Waals surface area contributed by atoms with Gasteiger partial charge in [-0.1, -0.05) is 0 Å². The average Bonchev–Trinajstić information content (AvgIpc) is 2.94. The summed E-state index contributed by atoms with van der Waals surface area (Å²) in [5.41, 5.74) is 0.658. The van der Waals surface area contributed by atoms with Gasteiger partial charge in [-0.05, 0) is 60.7 Å². The third kappa shape index (κ3) is 6.82. The van der Waals surface area contributed by atoms with Crippen molar-refractivity contribution in [3.8, 4) is 23.0 Å². The molecule has 192 valence electrons. The van der Waals surface area contributed by atoms with Crippen molar-refractivity contribution in [1.82, 2.24) is 20.6 Å². The summed E-state index contributed by atoms with van der Waals surface area (Å²) in [5, 5.41) is 9.06. The quantitative estimate of drug-likeness (QED) is 0.270. The molecule has 0 aliphatic carbocycles. The molecule has 0 saturated carbocycles. The molecule has 2 aromatic carbocycles. The van der Waals surface area contributed by atoms with Crippen LogP contribution in [0.25, 0.3) is 0 Å². The smallest absolute Gasteiger partial charge is 0.323 e. The molecule has 0 aliphatic rings. The summed E-state index contributed by atoms with van der Waals surface area (Å²) in [7, 11) is 0. The molecule has 0 unspecified atom stereocenters. The fourth-order valence-electron chi connectivity index (χ4n) is 3.10. The number of carbonyl (C=O) groups excluding carboxylic acids is 3. The van der Waals surface area contributed by atoms with Crippen LogP contribution in [0.1, 0.15) is 29.2 Å². The van der Waals surface area contributed by atoms with E-state index in [0.29, 0.717) is 22.9 Å². The monoisotopic (exact) mass is 518 g/mol. The van der Waals surface area contributed by atoms with Crippen molar-refractivity contribution >= 4 is 29.2 Å². The van der Waals surface area contributed by atoms with Crippen LogP contribution in [-0.2, 0) is 0 Å². The maximum Gasteiger partial charge on any atom is 0.323 e. The van der Waals surface area contributed by atoms with E-state index in [9.17, 15) is 14.4 Å². The van der Waals surface area contributed by atoms with Gasteiger partial charge in [-0.25, -0.2) is 4.79 Å². The SMILES string of the molecule is [2H]C([2H])([2H])NC(=O)c1cc(Oc2ccc(NC(=O)Nc3ccc(Oc4ccnc(C(=O)NC([2H])([2H])[2H])c4)cc3)cc2)ccn1. The summed E-state index contributed by atoms with van der Waals surface area (Å²) in [6.45, 7) is -5.30. The lowest BCUT2D eigenvalue weighted by atomic mass is 10.3. The van der Waals surface area contributed by atoms with Crippen molar-refractivity contribution in [3.63, 3.8) is 0 Å². The molecule has 11 nitrogen and oxygen atoms in total. The maximum absolute atomic E-state index is 12.5. The Balaban J connectivity index is 1.29. The number of carbonyl (C=O) groups is 3. The summed E-state index contributed by atoms with van der Waals surface area (Å²) in [5.74, 6) is -0.453. The molecule has 11 heteroatoms. The minimum Gasteiger partial charge on any atom is -0.457 e. The van der Waals surface area contributed by atoms with Crippen molar-refractivity contribution in [2.45, 2.75) is 0 Å². The summed E-state index contributed by atoms with van der Waals surface area (Å²) < 4.78 is 54.2. The number of hydrogen-bond donors (Lipinski definition) is 4. The number of anilines is 2. The molecule has 0 radical (unpaired) electrons. The lowest BCUT2D eigenvalue weighted by Gasteiger charge is -2.11. The van der Waals surface area contributed by atoms with Crippen LogP contribution < -0.4 is 30.7 Å². The largest absolute Gasteiger partial charge is 0.457 e. The number of amides is 4. The second-order valence-electron chi connectivity index (χ2n) is 7.49. The molecule has 0 fully saturated rings. The van der Waals surface area contributed by atoms with Gasteiger partial charge in [-0.2, -0.15) is 0 Å². The first-order valence-electron chi connectivity index (χ1n) is 13.9. The van der Waals surface area contributed by atoms with Crippen molar-refractivity contribution in [1.29, 1.82) is 0 Å². The van der Waals surface area contributed by atoms with Gasteiger partial charge in [0.25, 0.3) is 11.8 Å². The molecule has 2 heterocycles. The predicted molar refractivity (Wildman–Crippen MR) is 141 cm³/mol. The van der Waals surface area contributed by atoms with Crippen LogP contribution in [0, 0.1) is 0 Å². The molecule has 4 rings (SSSR count). The van der Waals surface area contributed by atoms with Gasteiger partial charge in [0.05, 0.1) is 0 Å². The second-order valence-corrected chi connectivity index (χ2v) is 7.49. The fourth-order valence-corrected chi connectivity index (χ4v) is 3.10. The Bertz CT molecular complexity index is 1530. The summed E-state index contributed by atoms with van der Waals surface area (Å²) in [6.07, 6.45) is 2.62. The number of benzene rings is 2. The van der Waals surface area contributed by atoms with E-state index in [-0.39, 0.29) is 22.9 Å². The van der Waals surface area contributed by atoms with Crippen LogP contribution in [0.4, 0.5) is 16.2 Å². The molecule has 0 bridgehead atoms. The maximum atomic E-state index is 12.5. The van der Waals surface area contributed by atoms with E-state index in [1.165, 1.54) is 36.7 Å². The van der Waals surface area contributed by atoms with Gasteiger partial charge >= 0.3 is 6.03 Å². The molecule has 4 aromatic rings. The topological polar surface area (TPSA) is 144 Å². The molecular weight excluding hydrogens is 488 g/mol. The summed E-state index contributed by atoms with van der Waals surface area (Å²) >= 11 is 0. The number of aromatic nitrogens is 2. The highest BCUT2D eigenvalue weighted by atomic mass is 16.5. The Kier molecular flexibility index (Phi) is 5.92. The summed E-state index contributed by atoms with van der Waals surface area (Å²) in [6, 6.07) is 17.8. The highest BCUT2D eigenvalue weighted by Crippen LogP contribution is 2.25. The molecule has 4 N–H and O–H groups in total. The van der Waals surface area contributed by atoms with Crippen molar-refractivity contribution < 1.29 is 32.1 Å². The third-order valence-electron chi connectivity index (χ3n) is 4.85. The van der Waals surface area contributed by atoms with Gasteiger partial charge < -0.3 is 30.7 Å². The van der Waals surface area contributed by atoms with Gasteiger partial charge in [0, 0.05) is 58.1 Å². The average molecular weight is 519 g/mol. The first-order valence-corrected chi connectivity index (χ1v) is 10.9. The van der Waals surface area contributed by atoms with E-state index in [4.69, 9.17) is 17.7 Å². The van der Waals surface area contributed by atoms with Crippen molar-refractivity contribution in [3.05, 3.63) is 96.6 Å². The molecule has 0 aliphatic heterocycles. The van der Waals surface area contributed by atoms with Crippen LogP contribution in [0.15, 0.2) is 85.2 Å². The fraction of sp³-hybridized carbons (Fsp3) is 0.0741. The van der Waals surface area contributed by atoms with Gasteiger partial charge in [-0.3, -0.25) is 19.6 Å². The van der Waals surface area contributed by atoms with Crippen LogP contribution >= 0.6 is 0 Å². The zero-order valence-electron chi connectivity index (χ0n) is 25.5. The standard InChI is InChI=1S/C27H24N6O5/c1-28-25(34)23-15-21(11-13-30-23)37-19-7-3-17(4-8-19)32-27(36)33-18-5-9-20(10-6-18)38-22-12-14-31-24(16-22)26(35)29-2/h3-16H,1-2H3,(H,28,34)(H,29,35)(H2,32,33,36)/i1D3,2D3. The number of rotatable bonds is 8. The van der Waals surface area contributed by atoms with Gasteiger partial charge in [0.2, 0.25) is 0 Å². The lowest BCUT2D eigenvalue weighted by molar-refractivity contribution is 0.0950. The van der Waals surface area contributed by atoms with E-state index in [1.54, 1.807) is 48.5 Å². The molecule has 0 spiro atoms. The number of hydrogen-bond acceptors (Lipinski definition) is 7. The Morgan fingerprint density at radius 2 is 1.05 bits per heavy atom. The highest BCUT2D eigenvalue weighted by molar-refractivity contribution is 5.99. The van der Waals surface area contributed by atoms with Crippen LogP contribution in [-0.4, -0.2) is 41.8 Å². The number of nitrogens with one attached hydrogen (secondary N) is 4. The normalized spacial score (nSPS) is 13.2. The Morgan fingerprint density at radius 3 is 1.45 bits per heavy atom. The van der Waals surface area contributed by atoms with E-state index >= 15 is 0 Å². The van der Waals surface area contributed by atoms with Crippen LogP contribution in [0.5, 0.6) is 23.0 Å². The highest BCUT2D eigenvalue weighted by Gasteiger charge is 2.09. The van der Waals surface area contributed by atoms with E-state index < -0.39 is 31.8 Å². The van der Waals surface area contributed by atoms with Crippen LogP contribution in [0.2, 0.25) is 0 Å². The van der Waals surface area contributed by atoms with E-state index in [1.807, 2.05) is 10.6 Å². The second kappa shape index (κ2) is 12.0. The number of ether oxygens (including phenoxy) is 2. The van der Waals surface area contributed by atoms with Gasteiger partial charge in [0.1, 0.15) is 34.4 Å². The molecule has 0 saturated heterocycles. The number of pyridine rings is 2. The van der Waals surface area contributed by atoms with Gasteiger partial charge in [-0.15, -0.1) is 0 Å². The first kappa shape index (κ1) is 18.8. The first-order chi connectivity index (χ1) is 20.7. The van der Waals surface area contributed by atoms with Crippen molar-refractivity contribution in [2.24, 2.45) is 0 Å². The van der Waals surface area contributed by atoms with Crippen LogP contribution in [0.3, 0.4) is 0 Å². The van der Waals surface area contributed by atoms with Crippen molar-refractivity contribution in [2.75, 3.05) is 24.6 Å².